The molecule has 0 atom stereocenters. The highest BCUT2D eigenvalue weighted by atomic mass is 16.6. The van der Waals surface area contributed by atoms with Crippen LogP contribution in [0.25, 0.3) is 0 Å². The summed E-state index contributed by atoms with van der Waals surface area (Å²) < 4.78 is 10.9. The fraction of sp³-hybridized carbons (Fsp3) is 0.533. The first-order valence-electron chi connectivity index (χ1n) is 7.17. The number of nitro groups is 1. The van der Waals surface area contributed by atoms with Crippen LogP contribution in [0.1, 0.15) is 43.0 Å². The molecule has 0 amide bonds. The maximum absolute atomic E-state index is 11.9. The highest BCUT2D eigenvalue weighted by Gasteiger charge is 2.33. The molecule has 0 unspecified atom stereocenters. The normalized spacial score (nSPS) is 20.6. The SMILES string of the molecule is CCCCO[C@H]1C[C@H](OC(=O)c2ccc([N+](=O)[O-])cc2)C1. The molecule has 0 heterocycles. The molecule has 2 rings (SSSR count). The number of carbonyl (C=O) groups is 1. The molecule has 6 heteroatoms. The van der Waals surface area contributed by atoms with Gasteiger partial charge in [0.15, 0.2) is 0 Å². The monoisotopic (exact) mass is 293 g/mol. The van der Waals surface area contributed by atoms with Crippen LogP contribution in [0, 0.1) is 10.1 Å². The molecule has 0 spiro atoms. The van der Waals surface area contributed by atoms with Crippen molar-refractivity contribution in [3.05, 3.63) is 39.9 Å². The molecule has 0 N–H and O–H groups in total. The van der Waals surface area contributed by atoms with Gasteiger partial charge in [-0.15, -0.1) is 0 Å². The highest BCUT2D eigenvalue weighted by molar-refractivity contribution is 5.89. The molecule has 1 aliphatic carbocycles. The molecule has 1 aliphatic rings. The first-order chi connectivity index (χ1) is 10.1. The van der Waals surface area contributed by atoms with Crippen molar-refractivity contribution < 1.29 is 19.2 Å². The second kappa shape index (κ2) is 7.17. The van der Waals surface area contributed by atoms with Crippen molar-refractivity contribution in [2.75, 3.05) is 6.61 Å². The van der Waals surface area contributed by atoms with E-state index in [0.717, 1.165) is 32.3 Å². The van der Waals surface area contributed by atoms with E-state index in [0.29, 0.717) is 5.56 Å². The Morgan fingerprint density at radius 3 is 2.52 bits per heavy atom. The van der Waals surface area contributed by atoms with Gasteiger partial charge in [-0.25, -0.2) is 4.79 Å². The Kier molecular flexibility index (Phi) is 5.27. The number of benzene rings is 1. The van der Waals surface area contributed by atoms with Gasteiger partial charge in [-0.3, -0.25) is 10.1 Å². The number of hydrogen-bond acceptors (Lipinski definition) is 5. The first kappa shape index (κ1) is 15.4. The molecular formula is C15H19NO5. The molecule has 0 bridgehead atoms. The van der Waals surface area contributed by atoms with Crippen LogP contribution < -0.4 is 0 Å². The number of carbonyl (C=O) groups excluding carboxylic acids is 1. The molecule has 0 aliphatic heterocycles. The maximum atomic E-state index is 11.9. The number of hydrogen-bond donors (Lipinski definition) is 0. The van der Waals surface area contributed by atoms with Crippen LogP contribution in [0.4, 0.5) is 5.69 Å². The molecule has 21 heavy (non-hydrogen) atoms. The largest absolute Gasteiger partial charge is 0.459 e. The van der Waals surface area contributed by atoms with E-state index in [2.05, 4.69) is 6.92 Å². The van der Waals surface area contributed by atoms with Gasteiger partial charge in [0.25, 0.3) is 5.69 Å². The number of ether oxygens (including phenoxy) is 2. The van der Waals surface area contributed by atoms with E-state index in [1.165, 1.54) is 24.3 Å². The summed E-state index contributed by atoms with van der Waals surface area (Å²) in [7, 11) is 0. The average molecular weight is 293 g/mol. The van der Waals surface area contributed by atoms with Gasteiger partial charge in [0, 0.05) is 31.6 Å². The van der Waals surface area contributed by atoms with Gasteiger partial charge in [0.05, 0.1) is 16.6 Å². The Balaban J connectivity index is 1.74. The lowest BCUT2D eigenvalue weighted by molar-refractivity contribution is -0.384. The Bertz CT molecular complexity index is 493. The van der Waals surface area contributed by atoms with Gasteiger partial charge in [-0.1, -0.05) is 13.3 Å². The first-order valence-corrected chi connectivity index (χ1v) is 7.17. The van der Waals surface area contributed by atoms with Gasteiger partial charge in [-0.05, 0) is 18.6 Å². The van der Waals surface area contributed by atoms with Crippen LogP contribution in [0.3, 0.4) is 0 Å². The Hall–Kier alpha value is -1.95. The minimum absolute atomic E-state index is 0.0421. The molecule has 1 aromatic carbocycles. The smallest absolute Gasteiger partial charge is 0.338 e. The lowest BCUT2D eigenvalue weighted by Gasteiger charge is -2.34. The number of unbranched alkanes of at least 4 members (excludes halogenated alkanes) is 1. The van der Waals surface area contributed by atoms with Gasteiger partial charge in [0.1, 0.15) is 6.10 Å². The molecule has 1 aromatic rings. The van der Waals surface area contributed by atoms with Crippen molar-refractivity contribution >= 4 is 11.7 Å². The molecule has 1 fully saturated rings. The Labute approximate surface area is 123 Å². The van der Waals surface area contributed by atoms with Crippen LogP contribution in [0.5, 0.6) is 0 Å². The van der Waals surface area contributed by atoms with Crippen LogP contribution in [-0.2, 0) is 9.47 Å². The average Bonchev–Trinajstić information content (AvgIpc) is 2.44. The summed E-state index contributed by atoms with van der Waals surface area (Å²) in [4.78, 5) is 21.9. The Morgan fingerprint density at radius 2 is 1.95 bits per heavy atom. The lowest BCUT2D eigenvalue weighted by Crippen LogP contribution is -2.39. The number of non-ortho nitro benzene ring substituents is 1. The molecule has 1 saturated carbocycles. The van der Waals surface area contributed by atoms with E-state index in [4.69, 9.17) is 9.47 Å². The van der Waals surface area contributed by atoms with E-state index >= 15 is 0 Å². The molecule has 0 saturated heterocycles. The van der Waals surface area contributed by atoms with Crippen LogP contribution in [0.2, 0.25) is 0 Å². The number of nitrogens with zero attached hydrogens (tertiary/aromatic N) is 1. The summed E-state index contributed by atoms with van der Waals surface area (Å²) >= 11 is 0. The zero-order valence-electron chi connectivity index (χ0n) is 12.0. The number of esters is 1. The zero-order valence-corrected chi connectivity index (χ0v) is 12.0. The maximum Gasteiger partial charge on any atom is 0.338 e. The third kappa shape index (κ3) is 4.26. The van der Waals surface area contributed by atoms with Crippen molar-refractivity contribution in [1.29, 1.82) is 0 Å². The molecule has 0 aromatic heterocycles. The van der Waals surface area contributed by atoms with Crippen molar-refractivity contribution in [3.8, 4) is 0 Å². The third-order valence-corrected chi connectivity index (χ3v) is 3.49. The zero-order chi connectivity index (χ0) is 15.2. The standard InChI is InChI=1S/C15H19NO5/c1-2-3-8-20-13-9-14(10-13)21-15(17)11-4-6-12(7-5-11)16(18)19/h4-7,13-14H,2-3,8-10H2,1H3/t13-,14-. The van der Waals surface area contributed by atoms with E-state index in [1.807, 2.05) is 0 Å². The van der Waals surface area contributed by atoms with Crippen LogP contribution in [0.15, 0.2) is 24.3 Å². The highest BCUT2D eigenvalue weighted by Crippen LogP contribution is 2.27. The predicted octanol–water partition coefficient (Wildman–Crippen LogP) is 3.10. The third-order valence-electron chi connectivity index (χ3n) is 3.49. The van der Waals surface area contributed by atoms with E-state index in [9.17, 15) is 14.9 Å². The van der Waals surface area contributed by atoms with E-state index in [1.54, 1.807) is 0 Å². The van der Waals surface area contributed by atoms with Crippen LogP contribution in [-0.4, -0.2) is 29.7 Å². The quantitative estimate of drug-likeness (QED) is 0.334. The summed E-state index contributed by atoms with van der Waals surface area (Å²) in [6.07, 6.45) is 3.67. The summed E-state index contributed by atoms with van der Waals surface area (Å²) in [5, 5.41) is 10.5. The van der Waals surface area contributed by atoms with Gasteiger partial charge in [-0.2, -0.15) is 0 Å². The van der Waals surface area contributed by atoms with E-state index < -0.39 is 10.9 Å². The van der Waals surface area contributed by atoms with Crippen molar-refractivity contribution in [2.45, 2.75) is 44.8 Å². The van der Waals surface area contributed by atoms with Gasteiger partial charge >= 0.3 is 5.97 Å². The predicted molar refractivity (Wildman–Crippen MR) is 76.2 cm³/mol. The molecular weight excluding hydrogens is 274 g/mol. The second-order valence-corrected chi connectivity index (χ2v) is 5.15. The number of rotatable bonds is 7. The minimum atomic E-state index is -0.501. The van der Waals surface area contributed by atoms with Crippen molar-refractivity contribution in [2.24, 2.45) is 0 Å². The Morgan fingerprint density at radius 1 is 1.29 bits per heavy atom. The molecule has 114 valence electrons. The van der Waals surface area contributed by atoms with Crippen LogP contribution >= 0.6 is 0 Å². The molecule has 6 nitrogen and oxygen atoms in total. The summed E-state index contributed by atoms with van der Waals surface area (Å²) in [5.41, 5.74) is 0.288. The lowest BCUT2D eigenvalue weighted by atomic mass is 9.92. The topological polar surface area (TPSA) is 78.7 Å². The fourth-order valence-electron chi connectivity index (χ4n) is 2.08. The van der Waals surface area contributed by atoms with Gasteiger partial charge < -0.3 is 9.47 Å². The van der Waals surface area contributed by atoms with E-state index in [-0.39, 0.29) is 17.9 Å². The second-order valence-electron chi connectivity index (χ2n) is 5.15. The summed E-state index contributed by atoms with van der Waals surface area (Å²) in [5.74, 6) is -0.443. The molecule has 0 radical (unpaired) electrons. The van der Waals surface area contributed by atoms with Crippen molar-refractivity contribution in [1.82, 2.24) is 0 Å². The van der Waals surface area contributed by atoms with Crippen molar-refractivity contribution in [3.63, 3.8) is 0 Å². The van der Waals surface area contributed by atoms with Gasteiger partial charge in [0.2, 0.25) is 0 Å². The summed E-state index contributed by atoms with van der Waals surface area (Å²) in [6.45, 7) is 2.86. The summed E-state index contributed by atoms with van der Waals surface area (Å²) in [6, 6.07) is 5.42. The fourth-order valence-corrected chi connectivity index (χ4v) is 2.08. The minimum Gasteiger partial charge on any atom is -0.459 e. The number of nitro benzene ring substituents is 1.